The van der Waals surface area contributed by atoms with Gasteiger partial charge in [-0.2, -0.15) is 0 Å². The molecule has 0 aromatic rings. The molecule has 0 aliphatic carbocycles. The van der Waals surface area contributed by atoms with Gasteiger partial charge in [0.1, 0.15) is 26.2 Å². The third kappa shape index (κ3) is 21.5. The number of hydrogen-bond acceptors (Lipinski definition) is 6. The van der Waals surface area contributed by atoms with Crippen LogP contribution >= 0.6 is 7.82 Å². The summed E-state index contributed by atoms with van der Waals surface area (Å²) in [7, 11) is -2.17. The van der Waals surface area contributed by atoms with Crippen molar-refractivity contribution < 1.29 is 32.5 Å². The van der Waals surface area contributed by atoms with Gasteiger partial charge in [0.25, 0.3) is 7.82 Å². The van der Waals surface area contributed by atoms with E-state index in [-0.39, 0.29) is 19.1 Å². The fourth-order valence-corrected chi connectivity index (χ4v) is 5.54. The van der Waals surface area contributed by atoms with E-state index in [1.165, 1.54) is 96.3 Å². The molecule has 1 aliphatic rings. The van der Waals surface area contributed by atoms with E-state index in [1.807, 2.05) is 6.92 Å². The fourth-order valence-electron chi connectivity index (χ4n) is 4.72. The molecule has 0 N–H and O–H groups in total. The van der Waals surface area contributed by atoms with Crippen molar-refractivity contribution in [2.75, 3.05) is 66.3 Å². The number of phosphoric ester groups is 1. The quantitative estimate of drug-likeness (QED) is 0.0665. The predicted molar refractivity (Wildman–Crippen MR) is 151 cm³/mol. The average Bonchev–Trinajstić information content (AvgIpc) is 2.87. The van der Waals surface area contributed by atoms with E-state index in [0.29, 0.717) is 26.4 Å². The van der Waals surface area contributed by atoms with Gasteiger partial charge in [-0.15, -0.1) is 0 Å². The molecule has 1 heterocycles. The minimum atomic E-state index is -4.27. The number of unbranched alkanes of at least 4 members (excludes halogenated alkanes) is 15. The summed E-state index contributed by atoms with van der Waals surface area (Å²) in [6.07, 6.45) is 21.7. The maximum absolute atomic E-state index is 12.0. The van der Waals surface area contributed by atoms with Gasteiger partial charge < -0.3 is 27.9 Å². The Kier molecular flexibility index (Phi) is 21.5. The first kappa shape index (κ1) is 35.0. The number of ether oxygens (including phenoxy) is 2. The maximum atomic E-state index is 12.0. The Balaban J connectivity index is 1.84. The molecule has 8 heteroatoms. The van der Waals surface area contributed by atoms with Crippen molar-refractivity contribution in [1.82, 2.24) is 0 Å². The standard InChI is InChI=1S/C29H60NO6P/c1-4-5-6-7-8-9-10-11-12-13-14-15-16-17-18-19-23-34-27-29(2)28-36-37(31,32)35-26-22-30(3)20-24-33-25-21-30/h29H,4-28H2,1-3H3/t29-/m1/s1. The van der Waals surface area contributed by atoms with Crippen LogP contribution in [0.25, 0.3) is 0 Å². The number of hydrogen-bond donors (Lipinski definition) is 0. The van der Waals surface area contributed by atoms with Gasteiger partial charge in [-0.3, -0.25) is 4.57 Å². The lowest BCUT2D eigenvalue weighted by molar-refractivity contribution is -0.916. The van der Waals surface area contributed by atoms with Crippen LogP contribution < -0.4 is 4.89 Å². The third-order valence-electron chi connectivity index (χ3n) is 7.49. The molecule has 1 saturated heterocycles. The van der Waals surface area contributed by atoms with Crippen molar-refractivity contribution >= 4 is 7.82 Å². The van der Waals surface area contributed by atoms with Gasteiger partial charge in [0.15, 0.2) is 0 Å². The summed E-state index contributed by atoms with van der Waals surface area (Å²) in [5, 5.41) is 0. The van der Waals surface area contributed by atoms with Gasteiger partial charge in [0.05, 0.1) is 33.5 Å². The Morgan fingerprint density at radius 2 is 1.24 bits per heavy atom. The largest absolute Gasteiger partial charge is 0.756 e. The van der Waals surface area contributed by atoms with E-state index in [0.717, 1.165) is 30.6 Å². The number of morpholine rings is 1. The van der Waals surface area contributed by atoms with Gasteiger partial charge in [-0.1, -0.05) is 110 Å². The Bertz CT molecular complexity index is 559. The molecule has 0 amide bonds. The fraction of sp³-hybridized carbons (Fsp3) is 1.00. The minimum absolute atomic E-state index is 0.00993. The van der Waals surface area contributed by atoms with E-state index in [9.17, 15) is 9.46 Å². The molecular formula is C29H60NO6P. The van der Waals surface area contributed by atoms with E-state index in [4.69, 9.17) is 18.5 Å². The molecule has 222 valence electrons. The second-order valence-electron chi connectivity index (χ2n) is 11.5. The van der Waals surface area contributed by atoms with Crippen molar-refractivity contribution in [3.05, 3.63) is 0 Å². The van der Waals surface area contributed by atoms with Crippen molar-refractivity contribution in [1.29, 1.82) is 0 Å². The summed E-state index contributed by atoms with van der Waals surface area (Å²) in [5.74, 6) is 0.00993. The number of quaternary nitrogens is 1. The molecule has 0 spiro atoms. The Morgan fingerprint density at radius 3 is 1.76 bits per heavy atom. The summed E-state index contributed by atoms with van der Waals surface area (Å²) in [5.41, 5.74) is 0. The molecule has 1 unspecified atom stereocenters. The SMILES string of the molecule is CCCCCCCCCCCCCCCCCCOC[C@@H](C)COP(=O)([O-])OCC[N+]1(C)CCOCC1. The zero-order chi connectivity index (χ0) is 27.1. The third-order valence-corrected chi connectivity index (χ3v) is 8.46. The van der Waals surface area contributed by atoms with Crippen LogP contribution in [0.5, 0.6) is 0 Å². The van der Waals surface area contributed by atoms with Crippen LogP contribution in [-0.4, -0.2) is 70.8 Å². The van der Waals surface area contributed by atoms with Gasteiger partial charge in [-0.05, 0) is 6.42 Å². The maximum Gasteiger partial charge on any atom is 0.268 e. The topological polar surface area (TPSA) is 77.1 Å². The van der Waals surface area contributed by atoms with Gasteiger partial charge in [0.2, 0.25) is 0 Å². The summed E-state index contributed by atoms with van der Waals surface area (Å²) >= 11 is 0. The van der Waals surface area contributed by atoms with Crippen molar-refractivity contribution in [3.8, 4) is 0 Å². The molecule has 0 radical (unpaired) electrons. The van der Waals surface area contributed by atoms with Crippen LogP contribution in [0.3, 0.4) is 0 Å². The number of nitrogens with zero attached hydrogens (tertiary/aromatic N) is 1. The van der Waals surface area contributed by atoms with Crippen molar-refractivity contribution in [3.63, 3.8) is 0 Å². The number of phosphoric acid groups is 1. The highest BCUT2D eigenvalue weighted by molar-refractivity contribution is 7.45. The molecule has 1 fully saturated rings. The zero-order valence-electron chi connectivity index (χ0n) is 24.6. The summed E-state index contributed by atoms with van der Waals surface area (Å²) < 4.78 is 34.0. The highest BCUT2D eigenvalue weighted by atomic mass is 31.2. The van der Waals surface area contributed by atoms with Crippen molar-refractivity contribution in [2.45, 2.75) is 117 Å². The molecule has 0 aromatic heterocycles. The molecule has 1 aliphatic heterocycles. The van der Waals surface area contributed by atoms with Gasteiger partial charge in [-0.25, -0.2) is 0 Å². The Morgan fingerprint density at radius 1 is 0.757 bits per heavy atom. The second kappa shape index (κ2) is 22.8. The highest BCUT2D eigenvalue weighted by Crippen LogP contribution is 2.38. The van der Waals surface area contributed by atoms with Crippen molar-refractivity contribution in [2.24, 2.45) is 5.92 Å². The van der Waals surface area contributed by atoms with Gasteiger partial charge in [0, 0.05) is 12.5 Å². The summed E-state index contributed by atoms with van der Waals surface area (Å²) in [6.45, 7) is 9.50. The van der Waals surface area contributed by atoms with Crippen LogP contribution in [0, 0.1) is 5.92 Å². The number of likely N-dealkylation sites (N-methyl/N-ethyl adjacent to an activating group) is 1. The molecule has 7 nitrogen and oxygen atoms in total. The highest BCUT2D eigenvalue weighted by Gasteiger charge is 2.25. The van der Waals surface area contributed by atoms with E-state index >= 15 is 0 Å². The average molecular weight is 550 g/mol. The molecule has 37 heavy (non-hydrogen) atoms. The first-order valence-corrected chi connectivity index (χ1v) is 16.9. The molecule has 2 atom stereocenters. The smallest absolute Gasteiger partial charge is 0.268 e. The second-order valence-corrected chi connectivity index (χ2v) is 12.9. The predicted octanol–water partition coefficient (Wildman–Crippen LogP) is 6.88. The lowest BCUT2D eigenvalue weighted by Crippen LogP contribution is -2.53. The Hall–Kier alpha value is -0.0100. The monoisotopic (exact) mass is 549 g/mol. The summed E-state index contributed by atoms with van der Waals surface area (Å²) in [6, 6.07) is 0. The first-order chi connectivity index (χ1) is 17.9. The molecule has 0 bridgehead atoms. The normalized spacial score (nSPS) is 18.1. The van der Waals surface area contributed by atoms with Gasteiger partial charge >= 0.3 is 0 Å². The summed E-state index contributed by atoms with van der Waals surface area (Å²) in [4.78, 5) is 12.0. The number of rotatable bonds is 26. The zero-order valence-corrected chi connectivity index (χ0v) is 25.5. The first-order valence-electron chi connectivity index (χ1n) is 15.5. The van der Waals surface area contributed by atoms with Crippen LogP contribution in [0.1, 0.15) is 117 Å². The molecular weight excluding hydrogens is 489 g/mol. The van der Waals surface area contributed by atoms with E-state index < -0.39 is 7.82 Å². The van der Waals surface area contributed by atoms with E-state index in [1.54, 1.807) is 0 Å². The molecule has 0 aromatic carbocycles. The molecule has 0 saturated carbocycles. The molecule has 1 rings (SSSR count). The lowest BCUT2D eigenvalue weighted by atomic mass is 10.0. The van der Waals surface area contributed by atoms with Crippen LogP contribution in [-0.2, 0) is 23.1 Å². The van der Waals surface area contributed by atoms with Crippen LogP contribution in [0.4, 0.5) is 0 Å². The van der Waals surface area contributed by atoms with Crippen LogP contribution in [0.2, 0.25) is 0 Å². The minimum Gasteiger partial charge on any atom is -0.756 e. The van der Waals surface area contributed by atoms with E-state index in [2.05, 4.69) is 14.0 Å². The Labute approximate surface area is 229 Å². The van der Waals surface area contributed by atoms with Crippen LogP contribution in [0.15, 0.2) is 0 Å². The lowest BCUT2D eigenvalue weighted by Gasteiger charge is -2.38.